The van der Waals surface area contributed by atoms with E-state index in [1.54, 1.807) is 6.92 Å². The number of nitrogens with one attached hydrogen (secondary N) is 2. The zero-order valence-electron chi connectivity index (χ0n) is 15.0. The van der Waals surface area contributed by atoms with Crippen molar-refractivity contribution in [2.24, 2.45) is 0 Å². The number of hydrogen-bond acceptors (Lipinski definition) is 10. The van der Waals surface area contributed by atoms with Crippen LogP contribution in [0.25, 0.3) is 0 Å². The highest BCUT2D eigenvalue weighted by Gasteiger charge is 2.42. The third-order valence-electron chi connectivity index (χ3n) is 3.29. The van der Waals surface area contributed by atoms with E-state index in [0.717, 1.165) is 0 Å². The van der Waals surface area contributed by atoms with E-state index in [1.807, 2.05) is 0 Å². The normalized spacial score (nSPS) is 14.9. The van der Waals surface area contributed by atoms with Crippen LogP contribution in [0.15, 0.2) is 0 Å². The van der Waals surface area contributed by atoms with Crippen molar-refractivity contribution in [1.82, 2.24) is 10.6 Å². The molecular weight excluding hydrogens is 424 g/mol. The first-order valence-corrected chi connectivity index (χ1v) is 10.4. The van der Waals surface area contributed by atoms with Gasteiger partial charge in [-0.05, 0) is 6.92 Å². The summed E-state index contributed by atoms with van der Waals surface area (Å²) < 4.78 is 19.0. The lowest BCUT2D eigenvalue weighted by atomic mass is 10.1. The molecule has 28 heavy (non-hydrogen) atoms. The summed E-state index contributed by atoms with van der Waals surface area (Å²) in [4.78, 5) is 59.7. The maximum absolute atomic E-state index is 11.8. The smallest absolute Gasteiger partial charge is 0.356 e. The number of amides is 2. The minimum Gasteiger partial charge on any atom is -0.356 e. The van der Waals surface area contributed by atoms with Crippen LogP contribution in [0.3, 0.4) is 0 Å². The van der Waals surface area contributed by atoms with Crippen molar-refractivity contribution in [3.05, 3.63) is 10.1 Å². The van der Waals surface area contributed by atoms with Gasteiger partial charge in [-0.3, -0.25) is 24.2 Å². The molecule has 0 radical (unpaired) electrons. The minimum atomic E-state index is -3.34. The highest BCUT2D eigenvalue weighted by atomic mass is 31.2. The zero-order valence-corrected chi connectivity index (χ0v) is 16.8. The fourth-order valence-electron chi connectivity index (χ4n) is 2.04. The Morgan fingerprint density at radius 1 is 1.25 bits per heavy atom. The summed E-state index contributed by atoms with van der Waals surface area (Å²) in [5, 5.41) is 25.5. The number of carbonyl (C=O) groups is 2. The first-order chi connectivity index (χ1) is 13.0. The predicted molar refractivity (Wildman–Crippen MR) is 93.9 cm³/mol. The molecule has 2 amide bonds. The Morgan fingerprint density at radius 2 is 1.79 bits per heavy atom. The summed E-state index contributed by atoms with van der Waals surface area (Å²) in [5.41, 5.74) is 0. The third-order valence-corrected chi connectivity index (χ3v) is 4.18. The number of nitro groups is 1. The van der Waals surface area contributed by atoms with E-state index < -0.39 is 46.1 Å². The Labute approximate surface area is 162 Å². The summed E-state index contributed by atoms with van der Waals surface area (Å²) in [5.74, 6) is -3.77. The van der Waals surface area contributed by atoms with Gasteiger partial charge in [-0.1, -0.05) is 4.52 Å². The summed E-state index contributed by atoms with van der Waals surface area (Å²) in [7, 11) is -6.46. The van der Waals surface area contributed by atoms with Crippen molar-refractivity contribution in [2.45, 2.75) is 51.0 Å². The Kier molecular flexibility index (Phi) is 13.1. The topological polar surface area (TPSA) is 218 Å². The van der Waals surface area contributed by atoms with E-state index in [-0.39, 0.29) is 38.1 Å². The Hall–Kier alpha value is -1.37. The van der Waals surface area contributed by atoms with Crippen LogP contribution in [0.5, 0.6) is 0 Å². The van der Waals surface area contributed by atoms with Crippen molar-refractivity contribution in [3.63, 3.8) is 0 Å². The number of aliphatic hydroxyl groups is 1. The van der Waals surface area contributed by atoms with Crippen molar-refractivity contribution in [2.75, 3.05) is 13.1 Å². The molecule has 162 valence electrons. The molecule has 0 fully saturated rings. The van der Waals surface area contributed by atoms with Gasteiger partial charge in [-0.15, -0.1) is 4.89 Å². The second kappa shape index (κ2) is 13.7. The van der Waals surface area contributed by atoms with E-state index in [0.29, 0.717) is 6.54 Å². The van der Waals surface area contributed by atoms with Gasteiger partial charge in [0.2, 0.25) is 17.9 Å². The van der Waals surface area contributed by atoms with Crippen LogP contribution in [0.1, 0.15) is 39.0 Å². The molecule has 0 saturated carbocycles. The van der Waals surface area contributed by atoms with Gasteiger partial charge in [-0.25, -0.2) is 0 Å². The lowest BCUT2D eigenvalue weighted by molar-refractivity contribution is -0.524. The van der Waals surface area contributed by atoms with Crippen molar-refractivity contribution >= 4 is 28.7 Å². The quantitative estimate of drug-likeness (QED) is 0.0802. The largest absolute Gasteiger partial charge is 0.700 e. The van der Waals surface area contributed by atoms with Gasteiger partial charge in [0.05, 0.1) is 6.42 Å². The average Bonchev–Trinajstić information content (AvgIpc) is 2.52. The van der Waals surface area contributed by atoms with Crippen molar-refractivity contribution in [1.29, 1.82) is 0 Å². The predicted octanol–water partition coefficient (Wildman–Crippen LogP) is -0.625. The summed E-state index contributed by atoms with van der Waals surface area (Å²) in [6.45, 7) is 1.76. The highest BCUT2D eigenvalue weighted by Crippen LogP contribution is 2.38. The highest BCUT2D eigenvalue weighted by molar-refractivity contribution is 7.39. The van der Waals surface area contributed by atoms with E-state index >= 15 is 0 Å². The maximum Gasteiger partial charge on any atom is 0.700 e. The molecular formula is C12H24N3O11P2+. The number of rotatable bonds is 15. The van der Waals surface area contributed by atoms with Crippen LogP contribution >= 0.6 is 16.9 Å². The molecule has 6 N–H and O–H groups in total. The lowest BCUT2D eigenvalue weighted by Crippen LogP contribution is -2.37. The van der Waals surface area contributed by atoms with E-state index in [9.17, 15) is 29.4 Å². The molecule has 3 unspecified atom stereocenters. The Morgan fingerprint density at radius 3 is 2.21 bits per heavy atom. The second-order valence-electron chi connectivity index (χ2n) is 5.46. The first kappa shape index (κ1) is 26.6. The Balaban J connectivity index is 4.41. The molecule has 0 bridgehead atoms. The van der Waals surface area contributed by atoms with Crippen LogP contribution < -0.4 is 10.6 Å². The molecule has 14 nitrogen and oxygen atoms in total. The van der Waals surface area contributed by atoms with Crippen LogP contribution in [0, 0.1) is 10.1 Å². The molecule has 0 aromatic carbocycles. The van der Waals surface area contributed by atoms with Gasteiger partial charge < -0.3 is 25.5 Å². The molecule has 0 heterocycles. The lowest BCUT2D eigenvalue weighted by Gasteiger charge is -2.21. The maximum atomic E-state index is 11.8. The number of nitrogens with zero attached hydrogens (tertiary/aromatic N) is 1. The Bertz CT molecular complexity index is 551. The molecule has 0 rings (SSSR count). The van der Waals surface area contributed by atoms with Gasteiger partial charge in [0, 0.05) is 48.3 Å². The van der Waals surface area contributed by atoms with Crippen LogP contribution in [0.4, 0.5) is 0 Å². The van der Waals surface area contributed by atoms with Crippen molar-refractivity contribution in [3.8, 4) is 0 Å². The van der Waals surface area contributed by atoms with Gasteiger partial charge in [0.1, 0.15) is 0 Å². The van der Waals surface area contributed by atoms with Crippen LogP contribution in [0.2, 0.25) is 0 Å². The molecule has 0 aromatic heterocycles. The van der Waals surface area contributed by atoms with Crippen LogP contribution in [-0.4, -0.2) is 61.6 Å². The van der Waals surface area contributed by atoms with E-state index in [2.05, 4.69) is 19.7 Å². The monoisotopic (exact) mass is 448 g/mol. The average molecular weight is 448 g/mol. The zero-order chi connectivity index (χ0) is 21.7. The van der Waals surface area contributed by atoms with Gasteiger partial charge in [0.15, 0.2) is 0 Å². The molecule has 16 heteroatoms. The van der Waals surface area contributed by atoms with Gasteiger partial charge in [0.25, 0.3) is 0 Å². The van der Waals surface area contributed by atoms with Crippen LogP contribution in [-0.2, 0) is 23.2 Å². The number of hydrogen-bond donors (Lipinski definition) is 6. The summed E-state index contributed by atoms with van der Waals surface area (Å²) in [6, 6.07) is -1.09. The van der Waals surface area contributed by atoms with E-state index in [1.165, 1.54) is 0 Å². The fraction of sp³-hybridized carbons (Fsp3) is 0.833. The number of carbonyl (C=O) groups excluding carboxylic acids is 2. The van der Waals surface area contributed by atoms with Gasteiger partial charge in [-0.2, -0.15) is 0 Å². The third kappa shape index (κ3) is 12.9. The van der Waals surface area contributed by atoms with Crippen molar-refractivity contribution < 1.29 is 47.9 Å². The summed E-state index contributed by atoms with van der Waals surface area (Å²) in [6.07, 6.45) is -1.09. The fourth-order valence-corrected chi connectivity index (χ4v) is 2.86. The SMILES string of the molecule is CCNC(=O)CCC(CCC(=O)NCCC(O)(OP(O)O)O[P+](=O)O)[N+](=O)[O-]. The standard InChI is InChI=1S/C12H23N3O11P2/c1-2-13-10(16)5-3-9(15(19)20)4-6-11(17)14-8-7-12(18,25-27(21)22)26-28(23)24/h9,18,21-22H,2-8H2,1H3,(H2-,13,14,16,17,23,24)/p+1. The molecule has 0 aliphatic rings. The van der Waals surface area contributed by atoms with E-state index in [4.69, 9.17) is 14.7 Å². The molecule has 0 aromatic rings. The first-order valence-electron chi connectivity index (χ1n) is 8.10. The molecule has 0 saturated heterocycles. The molecule has 3 atom stereocenters. The molecule has 0 aliphatic heterocycles. The molecule has 0 spiro atoms. The summed E-state index contributed by atoms with van der Waals surface area (Å²) >= 11 is 0. The minimum absolute atomic E-state index is 0.0341. The van der Waals surface area contributed by atoms with Gasteiger partial charge >= 0.3 is 22.8 Å². The molecule has 0 aliphatic carbocycles. The second-order valence-corrected chi connectivity index (χ2v) is 6.80.